The summed E-state index contributed by atoms with van der Waals surface area (Å²) >= 11 is 1.78. The van der Waals surface area contributed by atoms with Gasteiger partial charge < -0.3 is 9.73 Å². The molecule has 0 aliphatic carbocycles. The fourth-order valence-electron chi connectivity index (χ4n) is 1.82. The molecule has 0 aliphatic heterocycles. The molecule has 0 spiro atoms. The van der Waals surface area contributed by atoms with Gasteiger partial charge in [-0.15, -0.1) is 11.3 Å². The molecule has 2 heterocycles. The lowest BCUT2D eigenvalue weighted by Crippen LogP contribution is -2.21. The van der Waals surface area contributed by atoms with Crippen LogP contribution in [0.5, 0.6) is 0 Å². The number of nitrogens with one attached hydrogen (secondary N) is 1. The second-order valence-corrected chi connectivity index (χ2v) is 4.85. The molecule has 0 aromatic carbocycles. The van der Waals surface area contributed by atoms with E-state index in [1.54, 1.807) is 11.3 Å². The van der Waals surface area contributed by atoms with E-state index in [1.165, 1.54) is 10.4 Å². The molecule has 86 valence electrons. The Kier molecular flexibility index (Phi) is 3.46. The molecule has 0 saturated carbocycles. The molecule has 2 aromatic rings. The van der Waals surface area contributed by atoms with Crippen LogP contribution >= 0.6 is 11.3 Å². The first kappa shape index (κ1) is 11.4. The maximum Gasteiger partial charge on any atom is 0.126 e. The Bertz CT molecular complexity index is 458. The lowest BCUT2D eigenvalue weighted by atomic mass is 10.1. The zero-order valence-corrected chi connectivity index (χ0v) is 10.7. The summed E-state index contributed by atoms with van der Waals surface area (Å²) in [5.41, 5.74) is 1.32. The highest BCUT2D eigenvalue weighted by molar-refractivity contribution is 7.10. The lowest BCUT2D eigenvalue weighted by Gasteiger charge is -2.15. The van der Waals surface area contributed by atoms with Crippen molar-refractivity contribution in [2.24, 2.45) is 0 Å². The summed E-state index contributed by atoms with van der Waals surface area (Å²) in [5.74, 6) is 1.97. The van der Waals surface area contributed by atoms with Crippen LogP contribution in [-0.4, -0.2) is 6.54 Å². The zero-order chi connectivity index (χ0) is 11.5. The molecule has 0 amide bonds. The number of thiophene rings is 1. The highest BCUT2D eigenvalue weighted by atomic mass is 32.1. The van der Waals surface area contributed by atoms with Crippen molar-refractivity contribution in [1.82, 2.24) is 5.32 Å². The van der Waals surface area contributed by atoms with Gasteiger partial charge in [-0.3, -0.25) is 0 Å². The molecule has 1 unspecified atom stereocenters. The molecule has 0 bridgehead atoms. The van der Waals surface area contributed by atoms with Crippen molar-refractivity contribution in [2.45, 2.75) is 26.8 Å². The molecule has 1 atom stereocenters. The Morgan fingerprint density at radius 2 is 2.12 bits per heavy atom. The second-order valence-electron chi connectivity index (χ2n) is 3.91. The van der Waals surface area contributed by atoms with Crippen molar-refractivity contribution in [3.05, 3.63) is 45.5 Å². The van der Waals surface area contributed by atoms with E-state index in [-0.39, 0.29) is 6.04 Å². The summed E-state index contributed by atoms with van der Waals surface area (Å²) < 4.78 is 5.72. The fourth-order valence-corrected chi connectivity index (χ4v) is 2.82. The Morgan fingerprint density at radius 1 is 1.31 bits per heavy atom. The van der Waals surface area contributed by atoms with Gasteiger partial charge in [0.15, 0.2) is 0 Å². The average Bonchev–Trinajstić information content (AvgIpc) is 2.84. The smallest absolute Gasteiger partial charge is 0.126 e. The minimum absolute atomic E-state index is 0.193. The minimum atomic E-state index is 0.193. The second kappa shape index (κ2) is 4.85. The van der Waals surface area contributed by atoms with Gasteiger partial charge in [0.1, 0.15) is 17.6 Å². The summed E-state index contributed by atoms with van der Waals surface area (Å²) in [6.07, 6.45) is 0. The summed E-state index contributed by atoms with van der Waals surface area (Å²) in [5, 5.41) is 5.60. The quantitative estimate of drug-likeness (QED) is 0.875. The van der Waals surface area contributed by atoms with Crippen LogP contribution in [0, 0.1) is 13.8 Å². The van der Waals surface area contributed by atoms with Crippen LogP contribution in [0.25, 0.3) is 0 Å². The monoisotopic (exact) mass is 235 g/mol. The molecule has 0 fully saturated rings. The van der Waals surface area contributed by atoms with Crippen molar-refractivity contribution in [1.29, 1.82) is 0 Å². The first-order valence-corrected chi connectivity index (χ1v) is 6.44. The SMILES string of the molecule is CCNC(c1ccc(C)o1)c1sccc1C. The first-order valence-electron chi connectivity index (χ1n) is 5.56. The van der Waals surface area contributed by atoms with Crippen LogP contribution in [0.1, 0.15) is 34.9 Å². The van der Waals surface area contributed by atoms with E-state index in [0.29, 0.717) is 0 Å². The van der Waals surface area contributed by atoms with Gasteiger partial charge in [-0.1, -0.05) is 6.92 Å². The van der Waals surface area contributed by atoms with Crippen LogP contribution in [0.2, 0.25) is 0 Å². The maximum atomic E-state index is 5.72. The van der Waals surface area contributed by atoms with E-state index in [1.807, 2.05) is 13.0 Å². The predicted octanol–water partition coefficient (Wildman–Crippen LogP) is 3.66. The fraction of sp³-hybridized carbons (Fsp3) is 0.385. The number of hydrogen-bond donors (Lipinski definition) is 1. The van der Waals surface area contributed by atoms with Crippen molar-refractivity contribution in [2.75, 3.05) is 6.54 Å². The van der Waals surface area contributed by atoms with Crippen LogP contribution in [0.15, 0.2) is 28.0 Å². The lowest BCUT2D eigenvalue weighted by molar-refractivity contribution is 0.437. The molecule has 2 nitrogen and oxygen atoms in total. The minimum Gasteiger partial charge on any atom is -0.464 e. The molecule has 16 heavy (non-hydrogen) atoms. The van der Waals surface area contributed by atoms with E-state index in [9.17, 15) is 0 Å². The predicted molar refractivity (Wildman–Crippen MR) is 68.0 cm³/mol. The van der Waals surface area contributed by atoms with Crippen molar-refractivity contribution < 1.29 is 4.42 Å². The Labute approximate surface area is 100 Å². The molecule has 0 radical (unpaired) electrons. The van der Waals surface area contributed by atoms with Gasteiger partial charge in [0, 0.05) is 4.88 Å². The van der Waals surface area contributed by atoms with Gasteiger partial charge in [-0.05, 0) is 49.5 Å². The molecule has 0 saturated heterocycles. The van der Waals surface area contributed by atoms with E-state index in [0.717, 1.165) is 18.1 Å². The Balaban J connectivity index is 2.34. The highest BCUT2D eigenvalue weighted by Crippen LogP contribution is 2.30. The van der Waals surface area contributed by atoms with Crippen molar-refractivity contribution >= 4 is 11.3 Å². The summed E-state index contributed by atoms with van der Waals surface area (Å²) in [4.78, 5) is 1.34. The van der Waals surface area contributed by atoms with Gasteiger partial charge in [-0.25, -0.2) is 0 Å². The topological polar surface area (TPSA) is 25.2 Å². The van der Waals surface area contributed by atoms with Crippen molar-refractivity contribution in [3.8, 4) is 0 Å². The summed E-state index contributed by atoms with van der Waals surface area (Å²) in [7, 11) is 0. The van der Waals surface area contributed by atoms with Gasteiger partial charge in [0.25, 0.3) is 0 Å². The standard InChI is InChI=1S/C13H17NOS/c1-4-14-12(11-6-5-10(3)15-11)13-9(2)7-8-16-13/h5-8,12,14H,4H2,1-3H3. The third kappa shape index (κ3) is 2.20. The summed E-state index contributed by atoms with van der Waals surface area (Å²) in [6.45, 7) is 7.17. The van der Waals surface area contributed by atoms with E-state index >= 15 is 0 Å². The molecule has 2 aromatic heterocycles. The van der Waals surface area contributed by atoms with E-state index < -0.39 is 0 Å². The highest BCUT2D eigenvalue weighted by Gasteiger charge is 2.19. The number of aryl methyl sites for hydroxylation is 2. The average molecular weight is 235 g/mol. The largest absolute Gasteiger partial charge is 0.464 e. The Morgan fingerprint density at radius 3 is 2.62 bits per heavy atom. The van der Waals surface area contributed by atoms with Crippen LogP contribution in [0.4, 0.5) is 0 Å². The van der Waals surface area contributed by atoms with Crippen LogP contribution < -0.4 is 5.32 Å². The van der Waals surface area contributed by atoms with Gasteiger partial charge >= 0.3 is 0 Å². The third-order valence-corrected chi connectivity index (χ3v) is 3.70. The zero-order valence-electron chi connectivity index (χ0n) is 9.91. The maximum absolute atomic E-state index is 5.72. The van der Waals surface area contributed by atoms with Gasteiger partial charge in [0.05, 0.1) is 0 Å². The normalized spacial score (nSPS) is 12.9. The van der Waals surface area contributed by atoms with Crippen molar-refractivity contribution in [3.63, 3.8) is 0 Å². The Hall–Kier alpha value is -1.06. The third-order valence-electron chi connectivity index (χ3n) is 2.62. The van der Waals surface area contributed by atoms with Crippen LogP contribution in [0.3, 0.4) is 0 Å². The number of furan rings is 1. The number of hydrogen-bond acceptors (Lipinski definition) is 3. The first-order chi connectivity index (χ1) is 7.72. The molecule has 0 aliphatic rings. The van der Waals surface area contributed by atoms with Crippen LogP contribution in [-0.2, 0) is 0 Å². The molecule has 2 rings (SSSR count). The molecule has 1 N–H and O–H groups in total. The van der Waals surface area contributed by atoms with Gasteiger partial charge in [0.2, 0.25) is 0 Å². The van der Waals surface area contributed by atoms with E-state index in [4.69, 9.17) is 4.42 Å². The number of rotatable bonds is 4. The van der Waals surface area contributed by atoms with Gasteiger partial charge in [-0.2, -0.15) is 0 Å². The summed E-state index contributed by atoms with van der Waals surface area (Å²) in [6, 6.07) is 6.42. The van der Waals surface area contributed by atoms with E-state index in [2.05, 4.69) is 36.7 Å². The molecule has 3 heteroatoms. The molecular formula is C13H17NOS. The molecular weight excluding hydrogens is 218 g/mol.